The quantitative estimate of drug-likeness (QED) is 0.229. The third-order valence-electron chi connectivity index (χ3n) is 0. The van der Waals surface area contributed by atoms with Crippen LogP contribution >= 0.6 is 8.60 Å². The molecular formula is H4KO3P+2. The Bertz CT molecular complexity index is 15.5. The molecule has 0 aliphatic rings. The summed E-state index contributed by atoms with van der Waals surface area (Å²) in [4.78, 5) is 21.7. The molecule has 3 N–H and O–H groups in total. The van der Waals surface area contributed by atoms with Crippen LogP contribution in [0.2, 0.25) is 0 Å². The molecule has 0 rings (SSSR count). The Morgan fingerprint density at radius 3 is 1.20 bits per heavy atom. The predicted octanol–water partition coefficient (Wildman–Crippen LogP) is -3.69. The molecular weight excluding hydrogens is 118 g/mol. The van der Waals surface area contributed by atoms with Gasteiger partial charge < -0.3 is 14.7 Å². The summed E-state index contributed by atoms with van der Waals surface area (Å²) in [5.41, 5.74) is 0. The SMILES string of the molecule is OP(O)O.[H+].[K+]. The van der Waals surface area contributed by atoms with Crippen LogP contribution in [0.15, 0.2) is 0 Å². The number of hydrogen-bond donors (Lipinski definition) is 3. The molecule has 0 heterocycles. The van der Waals surface area contributed by atoms with Crippen molar-refractivity contribution in [3.63, 3.8) is 0 Å². The molecule has 0 amide bonds. The maximum atomic E-state index is 7.23. The zero-order valence-corrected chi connectivity index (χ0v) is 6.81. The average molecular weight is 122 g/mol. The molecule has 0 aliphatic heterocycles. The molecule has 0 aromatic rings. The first-order valence-corrected chi connectivity index (χ1v) is 1.80. The van der Waals surface area contributed by atoms with E-state index in [9.17, 15) is 0 Å². The summed E-state index contributed by atoms with van der Waals surface area (Å²) in [7, 11) is -2.62. The molecule has 0 saturated heterocycles. The van der Waals surface area contributed by atoms with Gasteiger partial charge in [-0.1, -0.05) is 0 Å². The Balaban J connectivity index is -0.0000000450. The van der Waals surface area contributed by atoms with Gasteiger partial charge >= 0.3 is 61.4 Å². The molecule has 3 nitrogen and oxygen atoms in total. The van der Waals surface area contributed by atoms with Crippen molar-refractivity contribution in [3.05, 3.63) is 0 Å². The van der Waals surface area contributed by atoms with Gasteiger partial charge in [0.15, 0.2) is 0 Å². The van der Waals surface area contributed by atoms with Gasteiger partial charge in [0.25, 0.3) is 0 Å². The van der Waals surface area contributed by atoms with Crippen molar-refractivity contribution < 1.29 is 67.5 Å². The van der Waals surface area contributed by atoms with Crippen LogP contribution in [-0.4, -0.2) is 14.7 Å². The van der Waals surface area contributed by atoms with Gasteiger partial charge in [0.1, 0.15) is 0 Å². The third kappa shape index (κ3) is 24.4. The Hall–Kier alpha value is 1.95. The Kier molecular flexibility index (Phi) is 11.9. The molecule has 0 saturated carbocycles. The fourth-order valence-corrected chi connectivity index (χ4v) is 0. The number of hydrogen-bond acceptors (Lipinski definition) is 3. The minimum atomic E-state index is -2.62. The van der Waals surface area contributed by atoms with Crippen molar-refractivity contribution in [2.45, 2.75) is 0 Å². The van der Waals surface area contributed by atoms with Crippen molar-refractivity contribution in [1.29, 1.82) is 0 Å². The van der Waals surface area contributed by atoms with Crippen LogP contribution < -0.4 is 51.4 Å². The molecule has 5 heteroatoms. The van der Waals surface area contributed by atoms with Crippen LogP contribution in [0.25, 0.3) is 0 Å². The molecule has 0 aromatic heterocycles. The molecule has 5 heavy (non-hydrogen) atoms. The first-order chi connectivity index (χ1) is 1.73. The van der Waals surface area contributed by atoms with Gasteiger partial charge in [0.05, 0.1) is 0 Å². The van der Waals surface area contributed by atoms with Crippen molar-refractivity contribution >= 4 is 8.60 Å². The monoisotopic (exact) mass is 122 g/mol. The van der Waals surface area contributed by atoms with Gasteiger partial charge in [-0.2, -0.15) is 0 Å². The first-order valence-electron chi connectivity index (χ1n) is 0.600. The van der Waals surface area contributed by atoms with E-state index in [0.29, 0.717) is 0 Å². The van der Waals surface area contributed by atoms with E-state index in [-0.39, 0.29) is 52.8 Å². The van der Waals surface area contributed by atoms with E-state index in [1.165, 1.54) is 0 Å². The van der Waals surface area contributed by atoms with Crippen LogP contribution in [0, 0.1) is 0 Å². The van der Waals surface area contributed by atoms with Gasteiger partial charge in [0, 0.05) is 0 Å². The van der Waals surface area contributed by atoms with E-state index >= 15 is 0 Å². The van der Waals surface area contributed by atoms with Gasteiger partial charge in [-0.25, -0.2) is 0 Å². The van der Waals surface area contributed by atoms with Crippen molar-refractivity contribution in [2.24, 2.45) is 0 Å². The average Bonchev–Trinajstić information content (AvgIpc) is 0.811. The standard InChI is InChI=1S/K.H3O3P/c;1-4(2)3/h;1-3H/q+1;/p+1. The molecule has 0 radical (unpaired) electrons. The summed E-state index contributed by atoms with van der Waals surface area (Å²) in [6, 6.07) is 0. The zero-order chi connectivity index (χ0) is 3.58. The third-order valence-corrected chi connectivity index (χ3v) is 0. The van der Waals surface area contributed by atoms with Crippen LogP contribution in [0.4, 0.5) is 0 Å². The second-order valence-corrected chi connectivity index (χ2v) is 0.805. The normalized spacial score (nSPS) is 7.20. The molecule has 0 aromatic carbocycles. The molecule has 0 bridgehead atoms. The molecule has 0 atom stereocenters. The molecule has 0 unspecified atom stereocenters. The fourth-order valence-electron chi connectivity index (χ4n) is 0. The topological polar surface area (TPSA) is 60.7 Å². The van der Waals surface area contributed by atoms with Gasteiger partial charge in [-0.3, -0.25) is 0 Å². The van der Waals surface area contributed by atoms with E-state index in [2.05, 4.69) is 0 Å². The molecule has 0 aliphatic carbocycles. The zero-order valence-electron chi connectivity index (χ0n) is 3.79. The van der Waals surface area contributed by atoms with Crippen molar-refractivity contribution in [3.8, 4) is 0 Å². The molecule has 26 valence electrons. The fraction of sp³-hybridized carbons (Fsp3) is 0. The number of rotatable bonds is 0. The van der Waals surface area contributed by atoms with E-state index in [1.807, 2.05) is 0 Å². The largest absolute Gasteiger partial charge is 1.00 e. The van der Waals surface area contributed by atoms with E-state index < -0.39 is 8.60 Å². The van der Waals surface area contributed by atoms with Gasteiger partial charge in [0.2, 0.25) is 0 Å². The smallest absolute Gasteiger partial charge is 0.328 e. The minimum Gasteiger partial charge on any atom is -0.328 e. The van der Waals surface area contributed by atoms with Crippen molar-refractivity contribution in [2.75, 3.05) is 0 Å². The predicted molar refractivity (Wildman–Crippen MR) is 14.7 cm³/mol. The van der Waals surface area contributed by atoms with Gasteiger partial charge in [-0.05, 0) is 0 Å². The second-order valence-electron chi connectivity index (χ2n) is 0.268. The summed E-state index contributed by atoms with van der Waals surface area (Å²) in [5, 5.41) is 0. The van der Waals surface area contributed by atoms with Crippen molar-refractivity contribution in [1.82, 2.24) is 0 Å². The van der Waals surface area contributed by atoms with E-state index in [1.54, 1.807) is 0 Å². The molecule has 0 spiro atoms. The Morgan fingerprint density at radius 2 is 1.20 bits per heavy atom. The summed E-state index contributed by atoms with van der Waals surface area (Å²) >= 11 is 0. The summed E-state index contributed by atoms with van der Waals surface area (Å²) in [5.74, 6) is 0. The summed E-state index contributed by atoms with van der Waals surface area (Å²) < 4.78 is 0. The van der Waals surface area contributed by atoms with E-state index in [4.69, 9.17) is 14.7 Å². The first kappa shape index (κ1) is 10.0. The summed E-state index contributed by atoms with van der Waals surface area (Å²) in [6.45, 7) is 0. The summed E-state index contributed by atoms with van der Waals surface area (Å²) in [6.07, 6.45) is 0. The van der Waals surface area contributed by atoms with Crippen LogP contribution in [-0.2, 0) is 0 Å². The van der Waals surface area contributed by atoms with Gasteiger partial charge in [-0.15, -0.1) is 0 Å². The Labute approximate surface area is 74.9 Å². The Morgan fingerprint density at radius 1 is 1.20 bits per heavy atom. The van der Waals surface area contributed by atoms with Crippen LogP contribution in [0.3, 0.4) is 0 Å². The minimum absolute atomic E-state index is 0. The maximum Gasteiger partial charge on any atom is 1.00 e. The van der Waals surface area contributed by atoms with E-state index in [0.717, 1.165) is 0 Å². The molecule has 0 fully saturated rings. The van der Waals surface area contributed by atoms with Crippen LogP contribution in [0.5, 0.6) is 0 Å². The second kappa shape index (κ2) is 5.95. The maximum absolute atomic E-state index is 7.23. The van der Waals surface area contributed by atoms with Crippen LogP contribution in [0.1, 0.15) is 1.43 Å².